The summed E-state index contributed by atoms with van der Waals surface area (Å²) in [4.78, 5) is 2.23. The van der Waals surface area contributed by atoms with Gasteiger partial charge in [0.1, 0.15) is 11.5 Å². The Labute approximate surface area is 120 Å². The zero-order valence-electron chi connectivity index (χ0n) is 12.8. The zero-order valence-corrected chi connectivity index (χ0v) is 12.8. The van der Waals surface area contributed by atoms with Crippen LogP contribution in [-0.4, -0.2) is 18.0 Å². The van der Waals surface area contributed by atoms with Gasteiger partial charge < -0.3 is 14.2 Å². The molecule has 0 aliphatic carbocycles. The maximum atomic E-state index is 5.61. The van der Waals surface area contributed by atoms with E-state index in [1.54, 1.807) is 12.5 Å². The van der Waals surface area contributed by atoms with Crippen LogP contribution in [0.1, 0.15) is 36.5 Å². The Morgan fingerprint density at radius 2 is 1.80 bits per heavy atom. The minimum atomic E-state index is 0.476. The molecule has 4 nitrogen and oxygen atoms in total. The normalized spacial score (nSPS) is 11.7. The summed E-state index contributed by atoms with van der Waals surface area (Å²) in [7, 11) is 2.09. The first kappa shape index (κ1) is 14.9. The number of aryl methyl sites for hydroxylation is 1. The molecule has 20 heavy (non-hydrogen) atoms. The molecule has 0 atom stereocenters. The van der Waals surface area contributed by atoms with E-state index in [0.717, 1.165) is 31.2 Å². The molecule has 0 unspecified atom stereocenters. The van der Waals surface area contributed by atoms with Gasteiger partial charge >= 0.3 is 0 Å². The molecule has 0 saturated heterocycles. The number of rotatable bonds is 7. The first-order valence-corrected chi connectivity index (χ1v) is 7.06. The van der Waals surface area contributed by atoms with Crippen molar-refractivity contribution < 1.29 is 8.83 Å². The van der Waals surface area contributed by atoms with Crippen molar-refractivity contribution in [2.24, 2.45) is 0 Å². The summed E-state index contributed by atoms with van der Waals surface area (Å²) in [5, 5.41) is 3.42. The minimum Gasteiger partial charge on any atom is -0.469 e. The van der Waals surface area contributed by atoms with Gasteiger partial charge in [-0.15, -0.1) is 0 Å². The maximum absolute atomic E-state index is 5.61. The van der Waals surface area contributed by atoms with Crippen molar-refractivity contribution in [3.63, 3.8) is 0 Å². The minimum absolute atomic E-state index is 0.476. The van der Waals surface area contributed by atoms with Gasteiger partial charge in [-0.05, 0) is 26.1 Å². The summed E-state index contributed by atoms with van der Waals surface area (Å²) in [6.45, 7) is 8.80. The van der Waals surface area contributed by atoms with Crippen LogP contribution in [0, 0.1) is 6.92 Å². The smallest absolute Gasteiger partial charge is 0.122 e. The Kier molecular flexibility index (Phi) is 5.04. The SMILES string of the molecule is Cc1occc1CN(C)Cc1occc1CNC(C)C. The lowest BCUT2D eigenvalue weighted by Gasteiger charge is -2.16. The second-order valence-electron chi connectivity index (χ2n) is 5.58. The van der Waals surface area contributed by atoms with Gasteiger partial charge in [-0.25, -0.2) is 0 Å². The van der Waals surface area contributed by atoms with E-state index < -0.39 is 0 Å². The molecule has 0 bridgehead atoms. The summed E-state index contributed by atoms with van der Waals surface area (Å²) >= 11 is 0. The van der Waals surface area contributed by atoms with Crippen LogP contribution in [0.3, 0.4) is 0 Å². The maximum Gasteiger partial charge on any atom is 0.122 e. The van der Waals surface area contributed by atoms with Crippen LogP contribution in [0.25, 0.3) is 0 Å². The molecule has 0 amide bonds. The van der Waals surface area contributed by atoms with Crippen LogP contribution in [0.15, 0.2) is 33.5 Å². The standard InChI is InChI=1S/C16H24N2O2/c1-12(2)17-9-14-5-8-20-16(14)11-18(4)10-15-6-7-19-13(15)3/h5-8,12,17H,9-11H2,1-4H3. The third-order valence-electron chi connectivity index (χ3n) is 3.36. The van der Waals surface area contributed by atoms with E-state index in [4.69, 9.17) is 8.83 Å². The van der Waals surface area contributed by atoms with Crippen molar-refractivity contribution in [3.8, 4) is 0 Å². The fourth-order valence-electron chi connectivity index (χ4n) is 2.14. The number of hydrogen-bond donors (Lipinski definition) is 1. The Hall–Kier alpha value is -1.52. The third kappa shape index (κ3) is 3.99. The number of nitrogens with zero attached hydrogens (tertiary/aromatic N) is 1. The molecule has 0 aromatic carbocycles. The molecular formula is C16H24N2O2. The van der Waals surface area contributed by atoms with E-state index in [-0.39, 0.29) is 0 Å². The highest BCUT2D eigenvalue weighted by molar-refractivity contribution is 5.18. The summed E-state index contributed by atoms with van der Waals surface area (Å²) in [6, 6.07) is 4.54. The molecule has 0 radical (unpaired) electrons. The third-order valence-corrected chi connectivity index (χ3v) is 3.36. The molecule has 2 heterocycles. The van der Waals surface area contributed by atoms with Crippen LogP contribution in [0.2, 0.25) is 0 Å². The monoisotopic (exact) mass is 276 g/mol. The quantitative estimate of drug-likeness (QED) is 0.842. The predicted octanol–water partition coefficient (Wildman–Crippen LogP) is 3.31. The largest absolute Gasteiger partial charge is 0.469 e. The van der Waals surface area contributed by atoms with Gasteiger partial charge in [0.2, 0.25) is 0 Å². The second kappa shape index (κ2) is 6.77. The van der Waals surface area contributed by atoms with Crippen molar-refractivity contribution >= 4 is 0 Å². The van der Waals surface area contributed by atoms with Crippen LogP contribution < -0.4 is 5.32 Å². The molecule has 0 saturated carbocycles. The summed E-state index contributed by atoms with van der Waals surface area (Å²) in [5.41, 5.74) is 2.45. The Bertz CT molecular complexity index is 528. The Morgan fingerprint density at radius 1 is 1.10 bits per heavy atom. The fraction of sp³-hybridized carbons (Fsp3) is 0.500. The van der Waals surface area contributed by atoms with Crippen LogP contribution in [-0.2, 0) is 19.6 Å². The van der Waals surface area contributed by atoms with Crippen LogP contribution in [0.4, 0.5) is 0 Å². The molecule has 1 N–H and O–H groups in total. The van der Waals surface area contributed by atoms with E-state index >= 15 is 0 Å². The predicted molar refractivity (Wildman–Crippen MR) is 79.3 cm³/mol. The van der Waals surface area contributed by atoms with E-state index in [0.29, 0.717) is 6.04 Å². The van der Waals surface area contributed by atoms with E-state index in [2.05, 4.69) is 31.1 Å². The molecule has 0 aliphatic rings. The molecule has 0 aliphatic heterocycles. The highest BCUT2D eigenvalue weighted by Gasteiger charge is 2.11. The van der Waals surface area contributed by atoms with Gasteiger partial charge in [0.15, 0.2) is 0 Å². The van der Waals surface area contributed by atoms with Gasteiger partial charge in [0.05, 0.1) is 19.1 Å². The summed E-state index contributed by atoms with van der Waals surface area (Å²) in [6.07, 6.45) is 3.51. The molecule has 0 fully saturated rings. The van der Waals surface area contributed by atoms with Crippen molar-refractivity contribution in [1.82, 2.24) is 10.2 Å². The first-order valence-electron chi connectivity index (χ1n) is 7.06. The zero-order chi connectivity index (χ0) is 14.5. The highest BCUT2D eigenvalue weighted by Crippen LogP contribution is 2.16. The average molecular weight is 276 g/mol. The Balaban J connectivity index is 1.92. The van der Waals surface area contributed by atoms with E-state index in [1.807, 2.05) is 19.1 Å². The molecule has 110 valence electrons. The average Bonchev–Trinajstić information content (AvgIpc) is 2.97. The van der Waals surface area contributed by atoms with Crippen molar-refractivity contribution in [2.75, 3.05) is 7.05 Å². The van der Waals surface area contributed by atoms with Gasteiger partial charge in [-0.1, -0.05) is 13.8 Å². The highest BCUT2D eigenvalue weighted by atomic mass is 16.3. The first-order chi connectivity index (χ1) is 9.56. The van der Waals surface area contributed by atoms with E-state index in [9.17, 15) is 0 Å². The number of furan rings is 2. The summed E-state index contributed by atoms with van der Waals surface area (Å²) in [5.74, 6) is 2.01. The van der Waals surface area contributed by atoms with Gasteiger partial charge in [-0.2, -0.15) is 0 Å². The molecule has 2 aromatic rings. The van der Waals surface area contributed by atoms with E-state index in [1.165, 1.54) is 11.1 Å². The molecule has 2 rings (SSSR count). The molecule has 4 heteroatoms. The molecular weight excluding hydrogens is 252 g/mol. The van der Waals surface area contributed by atoms with Crippen molar-refractivity contribution in [2.45, 2.75) is 46.4 Å². The molecule has 2 aromatic heterocycles. The molecule has 0 spiro atoms. The topological polar surface area (TPSA) is 41.6 Å². The summed E-state index contributed by atoms with van der Waals surface area (Å²) < 4.78 is 10.9. The van der Waals surface area contributed by atoms with Crippen molar-refractivity contribution in [3.05, 3.63) is 47.3 Å². The number of nitrogens with one attached hydrogen (secondary N) is 1. The van der Waals surface area contributed by atoms with Crippen LogP contribution >= 0.6 is 0 Å². The number of hydrogen-bond acceptors (Lipinski definition) is 4. The second-order valence-corrected chi connectivity index (χ2v) is 5.58. The lowest BCUT2D eigenvalue weighted by Crippen LogP contribution is -2.23. The van der Waals surface area contributed by atoms with Crippen LogP contribution in [0.5, 0.6) is 0 Å². The fourth-order valence-corrected chi connectivity index (χ4v) is 2.14. The van der Waals surface area contributed by atoms with Gasteiger partial charge in [-0.3, -0.25) is 4.90 Å². The van der Waals surface area contributed by atoms with Crippen molar-refractivity contribution in [1.29, 1.82) is 0 Å². The van der Waals surface area contributed by atoms with Gasteiger partial charge in [0, 0.05) is 30.3 Å². The lowest BCUT2D eigenvalue weighted by molar-refractivity contribution is 0.284. The lowest BCUT2D eigenvalue weighted by atomic mass is 10.2. The van der Waals surface area contributed by atoms with Gasteiger partial charge in [0.25, 0.3) is 0 Å². The Morgan fingerprint density at radius 3 is 2.45 bits per heavy atom.